The fraction of sp³-hybridized carbons (Fsp3) is 0.457. The van der Waals surface area contributed by atoms with Gasteiger partial charge < -0.3 is 15.4 Å². The van der Waals surface area contributed by atoms with E-state index in [9.17, 15) is 18.5 Å². The molecule has 1 fully saturated rings. The number of anilines is 1. The van der Waals surface area contributed by atoms with E-state index >= 15 is 0 Å². The van der Waals surface area contributed by atoms with Crippen molar-refractivity contribution in [2.24, 2.45) is 28.5 Å². The molecule has 0 radical (unpaired) electrons. The fourth-order valence-corrected chi connectivity index (χ4v) is 8.01. The topological polar surface area (TPSA) is 157 Å². The lowest BCUT2D eigenvalue weighted by molar-refractivity contribution is -0.150. The van der Waals surface area contributed by atoms with E-state index in [2.05, 4.69) is 26.8 Å². The highest BCUT2D eigenvalue weighted by Gasteiger charge is 2.41. The monoisotopic (exact) mass is 657 g/mol. The number of aliphatic imine (C=N–C) groups is 1. The van der Waals surface area contributed by atoms with Crippen LogP contribution in [-0.2, 0) is 19.4 Å². The molecule has 11 nitrogen and oxygen atoms in total. The van der Waals surface area contributed by atoms with Gasteiger partial charge >= 0.3 is 5.97 Å². The standard InChI is InChI=1S/C35H43N7O4S/c1-8-41(29(19-37)47(7,44)45)26-13-14-28(22(4)17-26)38-33-27(18-36)30(35(43)46-31-23(5)15-21(3)16-24(31)6)34-39-32(40-42(33)34)25-11-9-20(2)10-12-25/h9-14,17,21,23-24,29,31H,8,15-16,19,37H2,1-7H3. The average molecular weight is 658 g/mol. The Labute approximate surface area is 277 Å². The number of rotatable bonds is 9. The molecule has 47 heavy (non-hydrogen) atoms. The number of nitrogens with zero attached hydrogens (tertiary/aromatic N) is 6. The van der Waals surface area contributed by atoms with Gasteiger partial charge in [0, 0.05) is 30.6 Å². The summed E-state index contributed by atoms with van der Waals surface area (Å²) in [5, 5.41) is 14.3. The summed E-state index contributed by atoms with van der Waals surface area (Å²) in [6, 6.07) is 15.3. The number of aromatic nitrogens is 3. The van der Waals surface area contributed by atoms with Crippen LogP contribution in [-0.4, -0.2) is 65.8 Å². The highest BCUT2D eigenvalue weighted by atomic mass is 32.2. The summed E-state index contributed by atoms with van der Waals surface area (Å²) in [4.78, 5) is 25.3. The number of nitrogens with two attached hydrogens (primary N) is 1. The van der Waals surface area contributed by atoms with Crippen molar-refractivity contribution < 1.29 is 17.9 Å². The van der Waals surface area contributed by atoms with Gasteiger partial charge in [-0.2, -0.15) is 9.94 Å². The smallest absolute Gasteiger partial charge is 0.343 e. The molecule has 2 N–H and O–H groups in total. The van der Waals surface area contributed by atoms with Crippen molar-refractivity contribution in [2.75, 3.05) is 24.2 Å². The number of ether oxygens (including phenoxy) is 1. The van der Waals surface area contributed by atoms with Crippen molar-refractivity contribution in [2.45, 2.75) is 65.9 Å². The zero-order valence-electron chi connectivity index (χ0n) is 28.1. The summed E-state index contributed by atoms with van der Waals surface area (Å²) < 4.78 is 32.5. The van der Waals surface area contributed by atoms with Gasteiger partial charge in [-0.05, 0) is 75.1 Å². The third kappa shape index (κ3) is 6.73. The van der Waals surface area contributed by atoms with Crippen LogP contribution < -0.4 is 10.6 Å². The van der Waals surface area contributed by atoms with Crippen LogP contribution in [0.2, 0.25) is 0 Å². The number of aryl methyl sites for hydroxylation is 2. The molecule has 0 bridgehead atoms. The van der Waals surface area contributed by atoms with Crippen molar-refractivity contribution >= 4 is 38.6 Å². The van der Waals surface area contributed by atoms with Crippen LogP contribution in [0.25, 0.3) is 17.0 Å². The molecule has 3 aromatic rings. The van der Waals surface area contributed by atoms with Crippen molar-refractivity contribution in [3.8, 4) is 17.5 Å². The molecule has 5 rings (SSSR count). The fourth-order valence-electron chi connectivity index (χ4n) is 6.93. The molecule has 248 valence electrons. The Bertz CT molecular complexity index is 1880. The zero-order chi connectivity index (χ0) is 34.2. The largest absolute Gasteiger partial charge is 0.458 e. The van der Waals surface area contributed by atoms with Crippen LogP contribution in [0, 0.1) is 42.9 Å². The molecular weight excluding hydrogens is 614 g/mol. The molecule has 0 saturated heterocycles. The van der Waals surface area contributed by atoms with Crippen LogP contribution in [0.4, 0.5) is 11.4 Å². The number of esters is 1. The van der Waals surface area contributed by atoms with Gasteiger partial charge in [0.1, 0.15) is 28.7 Å². The molecule has 0 amide bonds. The second-order valence-electron chi connectivity index (χ2n) is 13.0. The van der Waals surface area contributed by atoms with Gasteiger partial charge in [0.25, 0.3) is 0 Å². The lowest BCUT2D eigenvalue weighted by Crippen LogP contribution is -2.45. The summed E-state index contributed by atoms with van der Waals surface area (Å²) in [6.45, 7) is 12.5. The minimum absolute atomic E-state index is 0.0314. The molecule has 1 aromatic heterocycles. The Kier molecular flexibility index (Phi) is 9.70. The second kappa shape index (κ2) is 13.4. The third-order valence-electron chi connectivity index (χ3n) is 9.17. The minimum atomic E-state index is -3.45. The first-order chi connectivity index (χ1) is 22.3. The molecular formula is C35H43N7O4S. The van der Waals surface area contributed by atoms with Crippen LogP contribution in [0.5, 0.6) is 0 Å². The maximum atomic E-state index is 14.0. The van der Waals surface area contributed by atoms with E-state index < -0.39 is 21.2 Å². The average Bonchev–Trinajstić information content (AvgIpc) is 3.55. The van der Waals surface area contributed by atoms with E-state index in [0.29, 0.717) is 29.7 Å². The molecule has 12 heteroatoms. The first kappa shape index (κ1) is 34.0. The van der Waals surface area contributed by atoms with Crippen LogP contribution in [0.3, 0.4) is 0 Å². The molecule has 1 aliphatic heterocycles. The molecule has 2 heterocycles. The lowest BCUT2D eigenvalue weighted by Gasteiger charge is -2.37. The lowest BCUT2D eigenvalue weighted by atomic mass is 9.75. The number of sulfone groups is 1. The van der Waals surface area contributed by atoms with Crippen LogP contribution in [0.1, 0.15) is 57.5 Å². The van der Waals surface area contributed by atoms with E-state index in [-0.39, 0.29) is 47.3 Å². The summed E-state index contributed by atoms with van der Waals surface area (Å²) in [6.07, 6.45) is 2.79. The summed E-state index contributed by atoms with van der Waals surface area (Å²) >= 11 is 0. The van der Waals surface area contributed by atoms with E-state index in [1.54, 1.807) is 17.0 Å². The number of likely N-dealkylation sites (N-methyl/N-ethyl adjacent to an activating group) is 1. The van der Waals surface area contributed by atoms with Gasteiger partial charge in [0.15, 0.2) is 27.3 Å². The van der Waals surface area contributed by atoms with Crippen LogP contribution >= 0.6 is 0 Å². The van der Waals surface area contributed by atoms with E-state index in [1.165, 1.54) is 10.9 Å². The maximum Gasteiger partial charge on any atom is 0.343 e. The Balaban J connectivity index is 1.60. The SMILES string of the molecule is CCN(c1ccc(N=C2C(C#N)=C(C(=O)OC3C(C)CC(C)CC3C)c3nc(-c4ccc(C)cc4)nn32)c(C)c1)C(CN)S(C)(=O)=O. The molecule has 1 saturated carbocycles. The summed E-state index contributed by atoms with van der Waals surface area (Å²) in [7, 11) is -3.45. The number of nitriles is 1. The van der Waals surface area contributed by atoms with Gasteiger partial charge in [-0.15, -0.1) is 5.10 Å². The molecule has 3 unspecified atom stereocenters. The first-order valence-electron chi connectivity index (χ1n) is 16.0. The summed E-state index contributed by atoms with van der Waals surface area (Å²) in [5.74, 6) is 1.03. The normalized spacial score (nSPS) is 22.6. The highest BCUT2D eigenvalue weighted by Crippen LogP contribution is 2.38. The Morgan fingerprint density at radius 3 is 2.36 bits per heavy atom. The molecule has 1 aliphatic carbocycles. The van der Waals surface area contributed by atoms with Gasteiger partial charge in [-0.25, -0.2) is 23.2 Å². The zero-order valence-corrected chi connectivity index (χ0v) is 28.9. The minimum Gasteiger partial charge on any atom is -0.458 e. The van der Waals surface area contributed by atoms with E-state index in [1.807, 2.05) is 51.1 Å². The van der Waals surface area contributed by atoms with Gasteiger partial charge in [-0.3, -0.25) is 0 Å². The Morgan fingerprint density at radius 2 is 1.81 bits per heavy atom. The van der Waals surface area contributed by atoms with Gasteiger partial charge in [-0.1, -0.05) is 50.6 Å². The second-order valence-corrected chi connectivity index (χ2v) is 15.2. The predicted molar refractivity (Wildman–Crippen MR) is 184 cm³/mol. The number of carbonyl (C=O) groups excluding carboxylic acids is 1. The molecule has 0 spiro atoms. The summed E-state index contributed by atoms with van der Waals surface area (Å²) in [5.41, 5.74) is 9.70. The first-order valence-corrected chi connectivity index (χ1v) is 18.0. The highest BCUT2D eigenvalue weighted by molar-refractivity contribution is 7.91. The third-order valence-corrected chi connectivity index (χ3v) is 10.6. The molecule has 2 aliphatic rings. The quantitative estimate of drug-likeness (QED) is 0.306. The number of fused-ring (bicyclic) bond motifs is 1. The molecule has 3 atom stereocenters. The number of carbonyl (C=O) groups is 1. The van der Waals surface area contributed by atoms with Crippen molar-refractivity contribution in [1.82, 2.24) is 14.8 Å². The van der Waals surface area contributed by atoms with E-state index in [4.69, 9.17) is 25.5 Å². The predicted octanol–water partition coefficient (Wildman–Crippen LogP) is 5.20. The van der Waals surface area contributed by atoms with Crippen molar-refractivity contribution in [1.29, 1.82) is 5.26 Å². The Hall–Kier alpha value is -4.34. The Morgan fingerprint density at radius 1 is 1.15 bits per heavy atom. The molecule has 2 aromatic carbocycles. The number of hydrogen-bond donors (Lipinski definition) is 1. The number of benzene rings is 2. The van der Waals surface area contributed by atoms with Gasteiger partial charge in [0.2, 0.25) is 0 Å². The maximum absolute atomic E-state index is 14.0. The van der Waals surface area contributed by atoms with Crippen molar-refractivity contribution in [3.05, 3.63) is 65.0 Å². The van der Waals surface area contributed by atoms with Crippen molar-refractivity contribution in [3.63, 3.8) is 0 Å². The van der Waals surface area contributed by atoms with Gasteiger partial charge in [0.05, 0.1) is 5.69 Å². The van der Waals surface area contributed by atoms with E-state index in [0.717, 1.165) is 29.5 Å². The van der Waals surface area contributed by atoms with Crippen LogP contribution in [0.15, 0.2) is 53.0 Å². The number of allylic oxidation sites excluding steroid dienone is 1. The number of hydrogen-bond acceptors (Lipinski definition) is 10.